The smallest absolute Gasteiger partial charge is 0.183 e. The van der Waals surface area contributed by atoms with Gasteiger partial charge in [-0.2, -0.15) is 11.1 Å². The molecule has 0 heterocycles. The summed E-state index contributed by atoms with van der Waals surface area (Å²) in [5, 5.41) is 8.06. The van der Waals surface area contributed by atoms with Crippen LogP contribution in [0, 0.1) is 11.3 Å². The van der Waals surface area contributed by atoms with Gasteiger partial charge in [0, 0.05) is 0 Å². The van der Waals surface area contributed by atoms with Crippen molar-refractivity contribution >= 4 is 0 Å². The zero-order chi connectivity index (χ0) is 5.91. The van der Waals surface area contributed by atoms with Crippen LogP contribution in [-0.2, 0) is 0 Å². The molecule has 0 spiro atoms. The Balaban J connectivity index is 0. The summed E-state index contributed by atoms with van der Waals surface area (Å²) >= 11 is 0. The van der Waals surface area contributed by atoms with E-state index >= 15 is 0 Å². The van der Waals surface area contributed by atoms with Crippen molar-refractivity contribution < 1.29 is 21.6 Å². The Kier molecular flexibility index (Phi) is 5.18. The molecule has 0 saturated carbocycles. The molecule has 0 radical (unpaired) electrons. The Labute approximate surface area is 60.0 Å². The Morgan fingerprint density at radius 1 is 1.62 bits per heavy atom. The highest BCUT2D eigenvalue weighted by Crippen LogP contribution is 1.78. The van der Waals surface area contributed by atoms with E-state index in [1.54, 1.807) is 14.1 Å². The normalized spacial score (nSPS) is 9.25. The van der Waals surface area contributed by atoms with E-state index in [1.807, 2.05) is 6.07 Å². The molecule has 0 unspecified atom stereocenters. The van der Waals surface area contributed by atoms with E-state index in [4.69, 9.17) is 11.1 Å². The number of nitrogens with zero attached hydrogens (tertiary/aromatic N) is 2. The maximum Gasteiger partial charge on any atom is 0.183 e. The van der Waals surface area contributed by atoms with Crippen molar-refractivity contribution in [1.82, 2.24) is 0 Å². The van der Waals surface area contributed by atoms with Crippen LogP contribution < -0.4 is 22.8 Å². The monoisotopic (exact) mass is 179 g/mol. The van der Waals surface area contributed by atoms with Crippen LogP contribution in [0.25, 0.3) is 0 Å². The van der Waals surface area contributed by atoms with Crippen LogP contribution >= 0.6 is 0 Å². The summed E-state index contributed by atoms with van der Waals surface area (Å²) in [6, 6.07) is 1.95. The summed E-state index contributed by atoms with van der Waals surface area (Å²) in [4.78, 5) is 0. The molecule has 0 rings (SSSR count). The van der Waals surface area contributed by atoms with Gasteiger partial charge in [0.05, 0.1) is 14.1 Å². The third-order valence-electron chi connectivity index (χ3n) is 0.478. The van der Waals surface area contributed by atoms with E-state index in [9.17, 15) is 0 Å². The molecule has 0 aliphatic carbocycles. The third-order valence-corrected chi connectivity index (χ3v) is 0.478. The Bertz CT molecular complexity index is 88.4. The number of hydrogen-bond donors (Lipinski definition) is 1. The van der Waals surface area contributed by atoms with Crippen LogP contribution in [-0.4, -0.2) is 25.2 Å². The molecular formula is C4H10BrN3. The first-order chi connectivity index (χ1) is 3.06. The predicted molar refractivity (Wildman–Crippen MR) is 26.8 cm³/mol. The number of nitriles is 1. The molecule has 48 valence electrons. The number of quaternary nitrogens is 1. The van der Waals surface area contributed by atoms with Crippen LogP contribution in [0.15, 0.2) is 0 Å². The molecule has 3 nitrogen and oxygen atoms in total. The largest absolute Gasteiger partial charge is 1.00 e. The minimum absolute atomic E-state index is 0. The maximum absolute atomic E-state index is 8.06. The van der Waals surface area contributed by atoms with Crippen molar-refractivity contribution in [2.45, 2.75) is 0 Å². The average molecular weight is 180 g/mol. The summed E-state index contributed by atoms with van der Waals surface area (Å²) in [6.45, 7) is 0.361. The standard InChI is InChI=1S/C4H10N3.BrH/c1-7(2,6)4-3-5;/h4,6H2,1-2H3;1H/q+1;/p-1. The average Bonchev–Trinajstić information content (AvgIpc) is 1.30. The van der Waals surface area contributed by atoms with Crippen molar-refractivity contribution in [3.8, 4) is 6.07 Å². The Morgan fingerprint density at radius 3 is 2.00 bits per heavy atom. The van der Waals surface area contributed by atoms with Crippen LogP contribution in [0.4, 0.5) is 0 Å². The van der Waals surface area contributed by atoms with E-state index in [0.717, 1.165) is 0 Å². The van der Waals surface area contributed by atoms with Crippen LogP contribution in [0.5, 0.6) is 0 Å². The van der Waals surface area contributed by atoms with Crippen molar-refractivity contribution in [1.29, 1.82) is 5.26 Å². The first-order valence-electron chi connectivity index (χ1n) is 2.05. The van der Waals surface area contributed by atoms with Gasteiger partial charge in [-0.1, -0.05) is 0 Å². The first kappa shape index (κ1) is 10.8. The summed E-state index contributed by atoms with van der Waals surface area (Å²) in [6.07, 6.45) is 0. The van der Waals surface area contributed by atoms with E-state index < -0.39 is 0 Å². The Morgan fingerprint density at radius 2 is 2.00 bits per heavy atom. The van der Waals surface area contributed by atoms with Crippen LogP contribution in [0.3, 0.4) is 0 Å². The lowest BCUT2D eigenvalue weighted by Crippen LogP contribution is -3.00. The van der Waals surface area contributed by atoms with E-state index in [-0.39, 0.29) is 21.6 Å². The second-order valence-corrected chi connectivity index (χ2v) is 2.09. The second-order valence-electron chi connectivity index (χ2n) is 2.09. The molecule has 0 aromatic carbocycles. The van der Waals surface area contributed by atoms with Crippen LogP contribution in [0.1, 0.15) is 0 Å². The zero-order valence-corrected chi connectivity index (χ0v) is 6.64. The van der Waals surface area contributed by atoms with E-state index in [1.165, 1.54) is 0 Å². The molecule has 0 aliphatic rings. The maximum atomic E-state index is 8.06. The molecule has 0 bridgehead atoms. The molecule has 0 saturated heterocycles. The van der Waals surface area contributed by atoms with Gasteiger partial charge in [-0.25, -0.2) is 4.59 Å². The number of nitrogens with two attached hydrogens (primary N) is 1. The molecule has 0 aromatic heterocycles. The summed E-state index contributed by atoms with van der Waals surface area (Å²) in [5.74, 6) is 5.36. The first-order valence-corrected chi connectivity index (χ1v) is 2.05. The third kappa shape index (κ3) is 9.31. The van der Waals surface area contributed by atoms with Crippen LogP contribution in [0.2, 0.25) is 0 Å². The van der Waals surface area contributed by atoms with E-state index in [2.05, 4.69) is 0 Å². The predicted octanol–water partition coefficient (Wildman–Crippen LogP) is -3.54. The number of rotatable bonds is 1. The van der Waals surface area contributed by atoms with Gasteiger partial charge in [0.2, 0.25) is 0 Å². The molecule has 8 heavy (non-hydrogen) atoms. The van der Waals surface area contributed by atoms with E-state index in [0.29, 0.717) is 6.54 Å². The molecular weight excluding hydrogens is 170 g/mol. The topological polar surface area (TPSA) is 49.8 Å². The fraction of sp³-hybridized carbons (Fsp3) is 0.750. The minimum atomic E-state index is 0. The Hall–Kier alpha value is -0.110. The molecule has 0 fully saturated rings. The minimum Gasteiger partial charge on any atom is -1.00 e. The molecule has 4 heteroatoms. The van der Waals surface area contributed by atoms with Gasteiger partial charge in [-0.15, -0.1) is 0 Å². The van der Waals surface area contributed by atoms with Crippen molar-refractivity contribution in [3.05, 3.63) is 0 Å². The molecule has 2 N–H and O–H groups in total. The second kappa shape index (κ2) is 3.84. The number of hydrogen-bond acceptors (Lipinski definition) is 2. The SMILES string of the molecule is C[N+](C)(N)CC#N.[Br-]. The van der Waals surface area contributed by atoms with Crippen molar-refractivity contribution in [2.75, 3.05) is 20.6 Å². The highest BCUT2D eigenvalue weighted by Gasteiger charge is 2.03. The van der Waals surface area contributed by atoms with Gasteiger partial charge in [-0.3, -0.25) is 0 Å². The molecule has 0 amide bonds. The fourth-order valence-corrected chi connectivity index (χ4v) is 0.182. The van der Waals surface area contributed by atoms with Crippen molar-refractivity contribution in [2.24, 2.45) is 5.84 Å². The molecule has 0 aliphatic heterocycles. The van der Waals surface area contributed by atoms with Gasteiger partial charge >= 0.3 is 0 Å². The van der Waals surface area contributed by atoms with Gasteiger partial charge < -0.3 is 17.0 Å². The quantitative estimate of drug-likeness (QED) is 0.197. The summed E-state index contributed by atoms with van der Waals surface area (Å²) < 4.78 is 0.233. The number of halogens is 1. The zero-order valence-electron chi connectivity index (χ0n) is 5.06. The lowest BCUT2D eigenvalue weighted by atomic mass is 10.6. The lowest BCUT2D eigenvalue weighted by Gasteiger charge is -2.16. The highest BCUT2D eigenvalue weighted by atomic mass is 79.9. The van der Waals surface area contributed by atoms with Gasteiger partial charge in [0.25, 0.3) is 0 Å². The molecule has 0 atom stereocenters. The van der Waals surface area contributed by atoms with Gasteiger partial charge in [-0.05, 0) is 0 Å². The fourth-order valence-electron chi connectivity index (χ4n) is 0.182. The highest BCUT2D eigenvalue weighted by molar-refractivity contribution is 4.65. The van der Waals surface area contributed by atoms with Crippen molar-refractivity contribution in [3.63, 3.8) is 0 Å². The van der Waals surface area contributed by atoms with Gasteiger partial charge in [0.1, 0.15) is 6.07 Å². The molecule has 0 aromatic rings. The summed E-state index contributed by atoms with van der Waals surface area (Å²) in [5.41, 5.74) is 0. The summed E-state index contributed by atoms with van der Waals surface area (Å²) in [7, 11) is 3.53. The van der Waals surface area contributed by atoms with Gasteiger partial charge in [0.15, 0.2) is 6.54 Å². The lowest BCUT2D eigenvalue weighted by molar-refractivity contribution is -0.895.